The number of aliphatic carboxylic acids is 1. The summed E-state index contributed by atoms with van der Waals surface area (Å²) in [5.41, 5.74) is -0.602. The van der Waals surface area contributed by atoms with Crippen molar-refractivity contribution >= 4 is 5.97 Å². The van der Waals surface area contributed by atoms with Crippen molar-refractivity contribution in [3.05, 3.63) is 0 Å². The topological polar surface area (TPSA) is 43.8 Å². The molecule has 100 valence electrons. The van der Waals surface area contributed by atoms with Crippen molar-refractivity contribution < 1.29 is 9.90 Å². The molecule has 0 aromatic carbocycles. The normalized spacial score (nSPS) is 19.8. The van der Waals surface area contributed by atoms with Crippen LogP contribution in [0.5, 0.6) is 0 Å². The summed E-state index contributed by atoms with van der Waals surface area (Å²) in [6.07, 6.45) is 0.726. The minimum atomic E-state index is -0.696. The maximum absolute atomic E-state index is 11.0. The van der Waals surface area contributed by atoms with Crippen molar-refractivity contribution in [1.82, 2.24) is 9.80 Å². The molecule has 1 fully saturated rings. The molecule has 0 unspecified atom stereocenters. The number of carboxylic acid groups (broad SMARTS) is 1. The number of hydrogen-bond acceptors (Lipinski definition) is 3. The average Bonchev–Trinajstić information content (AvgIpc) is 2.27. The average molecular weight is 242 g/mol. The molecule has 0 amide bonds. The SMILES string of the molecule is CC(C)N1CCN(CCC(C)(C)C(=O)O)CC1. The van der Waals surface area contributed by atoms with Gasteiger partial charge in [-0.05, 0) is 40.7 Å². The molecule has 0 saturated carbocycles. The summed E-state index contributed by atoms with van der Waals surface area (Å²) >= 11 is 0. The highest BCUT2D eigenvalue weighted by molar-refractivity contribution is 5.73. The first-order chi connectivity index (χ1) is 7.83. The monoisotopic (exact) mass is 242 g/mol. The Morgan fingerprint density at radius 1 is 1.24 bits per heavy atom. The lowest BCUT2D eigenvalue weighted by Gasteiger charge is -2.37. The first kappa shape index (κ1) is 14.5. The summed E-state index contributed by atoms with van der Waals surface area (Å²) in [5.74, 6) is -0.696. The van der Waals surface area contributed by atoms with E-state index in [0.717, 1.165) is 39.1 Å². The Bertz CT molecular complexity index is 256. The number of rotatable bonds is 5. The van der Waals surface area contributed by atoms with Crippen LogP contribution >= 0.6 is 0 Å². The van der Waals surface area contributed by atoms with E-state index < -0.39 is 11.4 Å². The van der Waals surface area contributed by atoms with Crippen molar-refractivity contribution in [3.8, 4) is 0 Å². The van der Waals surface area contributed by atoms with Crippen LogP contribution in [0.25, 0.3) is 0 Å². The standard InChI is InChI=1S/C13H26N2O2/c1-11(2)15-9-7-14(8-10-15)6-5-13(3,4)12(16)17/h11H,5-10H2,1-4H3,(H,16,17). The fraction of sp³-hybridized carbons (Fsp3) is 0.923. The van der Waals surface area contributed by atoms with Gasteiger partial charge in [0.1, 0.15) is 0 Å². The lowest BCUT2D eigenvalue weighted by molar-refractivity contribution is -0.147. The minimum absolute atomic E-state index is 0.602. The molecule has 1 heterocycles. The van der Waals surface area contributed by atoms with Crippen LogP contribution in [0.3, 0.4) is 0 Å². The third kappa shape index (κ3) is 4.28. The van der Waals surface area contributed by atoms with Gasteiger partial charge in [0.25, 0.3) is 0 Å². The second kappa shape index (κ2) is 5.83. The van der Waals surface area contributed by atoms with Gasteiger partial charge in [0.2, 0.25) is 0 Å². The number of hydrogen-bond donors (Lipinski definition) is 1. The minimum Gasteiger partial charge on any atom is -0.481 e. The van der Waals surface area contributed by atoms with E-state index in [1.165, 1.54) is 0 Å². The summed E-state index contributed by atoms with van der Waals surface area (Å²) in [4.78, 5) is 15.9. The quantitative estimate of drug-likeness (QED) is 0.794. The molecule has 0 atom stereocenters. The van der Waals surface area contributed by atoms with E-state index in [4.69, 9.17) is 5.11 Å². The first-order valence-electron chi connectivity index (χ1n) is 6.53. The third-order valence-electron chi connectivity index (χ3n) is 3.77. The van der Waals surface area contributed by atoms with E-state index in [0.29, 0.717) is 6.04 Å². The van der Waals surface area contributed by atoms with Crippen LogP contribution in [0, 0.1) is 5.41 Å². The highest BCUT2D eigenvalue weighted by atomic mass is 16.4. The van der Waals surface area contributed by atoms with Gasteiger partial charge in [0, 0.05) is 32.2 Å². The largest absolute Gasteiger partial charge is 0.481 e. The molecule has 1 rings (SSSR count). The molecule has 0 aromatic rings. The Balaban J connectivity index is 2.29. The molecule has 0 spiro atoms. The summed E-state index contributed by atoms with van der Waals surface area (Å²) in [6, 6.07) is 0.618. The zero-order valence-electron chi connectivity index (χ0n) is 11.6. The zero-order valence-corrected chi connectivity index (χ0v) is 11.6. The van der Waals surface area contributed by atoms with E-state index in [9.17, 15) is 4.79 Å². The second-order valence-electron chi connectivity index (χ2n) is 5.91. The molecule has 1 aliphatic heterocycles. The molecule has 0 radical (unpaired) electrons. The van der Waals surface area contributed by atoms with Crippen LogP contribution < -0.4 is 0 Å². The van der Waals surface area contributed by atoms with Gasteiger partial charge in [-0.3, -0.25) is 9.69 Å². The predicted molar refractivity (Wildman–Crippen MR) is 69.2 cm³/mol. The molecular weight excluding hydrogens is 216 g/mol. The highest BCUT2D eigenvalue weighted by Crippen LogP contribution is 2.21. The number of carboxylic acids is 1. The fourth-order valence-electron chi connectivity index (χ4n) is 2.05. The first-order valence-corrected chi connectivity index (χ1v) is 6.53. The molecule has 1 N–H and O–H groups in total. The van der Waals surface area contributed by atoms with Crippen molar-refractivity contribution in [2.24, 2.45) is 5.41 Å². The van der Waals surface area contributed by atoms with Gasteiger partial charge in [-0.15, -0.1) is 0 Å². The van der Waals surface area contributed by atoms with Gasteiger partial charge in [0.05, 0.1) is 5.41 Å². The fourth-order valence-corrected chi connectivity index (χ4v) is 2.05. The summed E-state index contributed by atoms with van der Waals surface area (Å²) in [7, 11) is 0. The van der Waals surface area contributed by atoms with E-state index in [1.54, 1.807) is 13.8 Å². The van der Waals surface area contributed by atoms with E-state index in [1.807, 2.05) is 0 Å². The molecule has 0 aromatic heterocycles. The van der Waals surface area contributed by atoms with Crippen LogP contribution in [0.1, 0.15) is 34.1 Å². The molecule has 1 saturated heterocycles. The van der Waals surface area contributed by atoms with Crippen molar-refractivity contribution in [2.75, 3.05) is 32.7 Å². The molecule has 17 heavy (non-hydrogen) atoms. The summed E-state index contributed by atoms with van der Waals surface area (Å²) in [6.45, 7) is 13.3. The summed E-state index contributed by atoms with van der Waals surface area (Å²) < 4.78 is 0. The Labute approximate surface area is 105 Å². The van der Waals surface area contributed by atoms with Crippen molar-refractivity contribution in [2.45, 2.75) is 40.2 Å². The van der Waals surface area contributed by atoms with Gasteiger partial charge in [-0.1, -0.05) is 0 Å². The Hall–Kier alpha value is -0.610. The smallest absolute Gasteiger partial charge is 0.309 e. The molecular formula is C13H26N2O2. The molecule has 1 aliphatic rings. The maximum Gasteiger partial charge on any atom is 0.309 e. The van der Waals surface area contributed by atoms with Crippen LogP contribution in [-0.4, -0.2) is 59.6 Å². The molecule has 4 nitrogen and oxygen atoms in total. The van der Waals surface area contributed by atoms with Gasteiger partial charge < -0.3 is 10.0 Å². The Morgan fingerprint density at radius 3 is 2.18 bits per heavy atom. The number of nitrogens with zero attached hydrogens (tertiary/aromatic N) is 2. The number of piperazine rings is 1. The van der Waals surface area contributed by atoms with Crippen LogP contribution in [0.4, 0.5) is 0 Å². The third-order valence-corrected chi connectivity index (χ3v) is 3.77. The van der Waals surface area contributed by atoms with Crippen LogP contribution in [-0.2, 0) is 4.79 Å². The maximum atomic E-state index is 11.0. The lowest BCUT2D eigenvalue weighted by atomic mass is 9.89. The predicted octanol–water partition coefficient (Wildman–Crippen LogP) is 1.51. The number of carbonyl (C=O) groups is 1. The highest BCUT2D eigenvalue weighted by Gasteiger charge is 2.28. The Morgan fingerprint density at radius 2 is 1.76 bits per heavy atom. The van der Waals surface area contributed by atoms with Crippen molar-refractivity contribution in [3.63, 3.8) is 0 Å². The molecule has 0 aliphatic carbocycles. The second-order valence-corrected chi connectivity index (χ2v) is 5.91. The molecule has 4 heteroatoms. The van der Waals surface area contributed by atoms with E-state index in [2.05, 4.69) is 23.6 Å². The van der Waals surface area contributed by atoms with Gasteiger partial charge >= 0.3 is 5.97 Å². The zero-order chi connectivity index (χ0) is 13.1. The summed E-state index contributed by atoms with van der Waals surface area (Å²) in [5, 5.41) is 9.06. The van der Waals surface area contributed by atoms with Gasteiger partial charge in [-0.2, -0.15) is 0 Å². The van der Waals surface area contributed by atoms with Gasteiger partial charge in [-0.25, -0.2) is 0 Å². The lowest BCUT2D eigenvalue weighted by Crippen LogP contribution is -2.49. The Kier molecular flexibility index (Phi) is 4.95. The van der Waals surface area contributed by atoms with Crippen molar-refractivity contribution in [1.29, 1.82) is 0 Å². The van der Waals surface area contributed by atoms with Crippen LogP contribution in [0.2, 0.25) is 0 Å². The van der Waals surface area contributed by atoms with Crippen LogP contribution in [0.15, 0.2) is 0 Å². The van der Waals surface area contributed by atoms with Gasteiger partial charge in [0.15, 0.2) is 0 Å². The van der Waals surface area contributed by atoms with E-state index in [-0.39, 0.29) is 0 Å². The van der Waals surface area contributed by atoms with E-state index >= 15 is 0 Å². The molecule has 0 bridgehead atoms.